The van der Waals surface area contributed by atoms with Crippen molar-refractivity contribution in [1.29, 1.82) is 0 Å². The minimum atomic E-state index is -0.114. The summed E-state index contributed by atoms with van der Waals surface area (Å²) in [6.45, 7) is 6.36. The van der Waals surface area contributed by atoms with Crippen molar-refractivity contribution in [2.45, 2.75) is 33.1 Å². The molecule has 0 atom stereocenters. The van der Waals surface area contributed by atoms with Gasteiger partial charge in [0.1, 0.15) is 5.56 Å². The van der Waals surface area contributed by atoms with Crippen molar-refractivity contribution in [3.05, 3.63) is 46.8 Å². The quantitative estimate of drug-likeness (QED) is 0.889. The first-order chi connectivity index (χ1) is 10.9. The third-order valence-electron chi connectivity index (χ3n) is 3.79. The third kappa shape index (κ3) is 4.12. The average Bonchev–Trinajstić information content (AvgIpc) is 2.89. The summed E-state index contributed by atoms with van der Waals surface area (Å²) in [5, 5.41) is 6.87. The third-order valence-corrected chi connectivity index (χ3v) is 3.79. The van der Waals surface area contributed by atoms with Crippen LogP contribution in [0.4, 0.5) is 5.69 Å². The maximum Gasteiger partial charge on any atom is 0.256 e. The van der Waals surface area contributed by atoms with Gasteiger partial charge in [0.2, 0.25) is 0 Å². The molecule has 0 spiro atoms. The molecule has 0 bridgehead atoms. The summed E-state index contributed by atoms with van der Waals surface area (Å²) in [6.07, 6.45) is 0.792. The van der Waals surface area contributed by atoms with Crippen molar-refractivity contribution in [2.75, 3.05) is 25.5 Å². The summed E-state index contributed by atoms with van der Waals surface area (Å²) in [5.74, 6) is 0.670. The largest absolute Gasteiger partial charge is 0.378 e. The van der Waals surface area contributed by atoms with E-state index in [1.165, 1.54) is 11.3 Å². The van der Waals surface area contributed by atoms with Crippen LogP contribution in [0.5, 0.6) is 0 Å². The number of rotatable bonds is 6. The van der Waals surface area contributed by atoms with Gasteiger partial charge in [-0.2, -0.15) is 0 Å². The van der Waals surface area contributed by atoms with E-state index in [-0.39, 0.29) is 11.8 Å². The molecule has 1 aromatic carbocycles. The van der Waals surface area contributed by atoms with E-state index < -0.39 is 0 Å². The number of nitrogens with zero attached hydrogens (tertiary/aromatic N) is 2. The van der Waals surface area contributed by atoms with Crippen LogP contribution in [-0.4, -0.2) is 31.7 Å². The van der Waals surface area contributed by atoms with E-state index in [4.69, 9.17) is 4.52 Å². The second-order valence-electron chi connectivity index (χ2n) is 6.23. The molecule has 5 nitrogen and oxygen atoms in total. The first-order valence-corrected chi connectivity index (χ1v) is 7.90. The fourth-order valence-corrected chi connectivity index (χ4v) is 2.43. The van der Waals surface area contributed by atoms with Gasteiger partial charge in [0.05, 0.1) is 5.69 Å². The van der Waals surface area contributed by atoms with Crippen molar-refractivity contribution in [1.82, 2.24) is 10.5 Å². The van der Waals surface area contributed by atoms with Gasteiger partial charge >= 0.3 is 0 Å². The highest BCUT2D eigenvalue weighted by Crippen LogP contribution is 2.22. The number of aromatic nitrogens is 1. The van der Waals surface area contributed by atoms with Crippen molar-refractivity contribution in [2.24, 2.45) is 0 Å². The minimum Gasteiger partial charge on any atom is -0.378 e. The van der Waals surface area contributed by atoms with E-state index in [1.54, 1.807) is 6.92 Å². The number of anilines is 1. The number of nitrogens with one attached hydrogen (secondary N) is 1. The Labute approximate surface area is 137 Å². The van der Waals surface area contributed by atoms with Gasteiger partial charge in [0.15, 0.2) is 5.76 Å². The van der Waals surface area contributed by atoms with Crippen molar-refractivity contribution < 1.29 is 9.32 Å². The van der Waals surface area contributed by atoms with Crippen molar-refractivity contribution >= 4 is 11.6 Å². The monoisotopic (exact) mass is 315 g/mol. The summed E-state index contributed by atoms with van der Waals surface area (Å²) in [5.41, 5.74) is 3.57. The summed E-state index contributed by atoms with van der Waals surface area (Å²) >= 11 is 0. The fourth-order valence-electron chi connectivity index (χ4n) is 2.43. The second-order valence-corrected chi connectivity index (χ2v) is 6.23. The van der Waals surface area contributed by atoms with Crippen LogP contribution in [0.3, 0.4) is 0 Å². The normalized spacial score (nSPS) is 10.9. The van der Waals surface area contributed by atoms with Gasteiger partial charge in [-0.15, -0.1) is 0 Å². The number of amides is 1. The topological polar surface area (TPSA) is 58.4 Å². The van der Waals surface area contributed by atoms with Gasteiger partial charge in [-0.25, -0.2) is 0 Å². The molecular weight excluding hydrogens is 290 g/mol. The zero-order valence-electron chi connectivity index (χ0n) is 14.5. The minimum absolute atomic E-state index is 0.114. The molecule has 0 radical (unpaired) electrons. The van der Waals surface area contributed by atoms with Crippen LogP contribution < -0.4 is 10.2 Å². The summed E-state index contributed by atoms with van der Waals surface area (Å²) < 4.78 is 5.26. The summed E-state index contributed by atoms with van der Waals surface area (Å²) in [4.78, 5) is 14.4. The van der Waals surface area contributed by atoms with E-state index >= 15 is 0 Å². The molecule has 2 aromatic rings. The molecule has 5 heteroatoms. The highest BCUT2D eigenvalue weighted by atomic mass is 16.5. The van der Waals surface area contributed by atoms with E-state index in [0.29, 0.717) is 23.6 Å². The van der Waals surface area contributed by atoms with Gasteiger partial charge in [-0.3, -0.25) is 4.79 Å². The lowest BCUT2D eigenvalue weighted by molar-refractivity contribution is 0.0951. The average molecular weight is 315 g/mol. The molecule has 1 amide bonds. The number of hydrogen-bond acceptors (Lipinski definition) is 4. The van der Waals surface area contributed by atoms with Crippen LogP contribution in [0.15, 0.2) is 28.8 Å². The first-order valence-electron chi connectivity index (χ1n) is 7.90. The summed E-state index contributed by atoms with van der Waals surface area (Å²) in [6, 6.07) is 8.34. The van der Waals surface area contributed by atoms with Crippen LogP contribution in [-0.2, 0) is 6.42 Å². The number of benzene rings is 1. The Morgan fingerprint density at radius 2 is 1.91 bits per heavy atom. The van der Waals surface area contributed by atoms with Crippen LogP contribution in [0.25, 0.3) is 0 Å². The highest BCUT2D eigenvalue weighted by Gasteiger charge is 2.22. The van der Waals surface area contributed by atoms with E-state index in [0.717, 1.165) is 6.42 Å². The smallest absolute Gasteiger partial charge is 0.256 e. The molecule has 0 saturated heterocycles. The number of carbonyl (C=O) groups is 1. The standard InChI is InChI=1S/C18H25N3O2/c1-12(2)17-16(13(3)20-23-17)18(22)19-11-10-14-6-8-15(9-7-14)21(4)5/h6-9,12H,10-11H2,1-5H3,(H,19,22). The van der Waals surface area contributed by atoms with Gasteiger partial charge in [0, 0.05) is 32.2 Å². The van der Waals surface area contributed by atoms with Gasteiger partial charge in [-0.1, -0.05) is 31.1 Å². The molecule has 0 aliphatic carbocycles. The van der Waals surface area contributed by atoms with Gasteiger partial charge < -0.3 is 14.7 Å². The molecular formula is C18H25N3O2. The van der Waals surface area contributed by atoms with Crippen LogP contribution >= 0.6 is 0 Å². The highest BCUT2D eigenvalue weighted by molar-refractivity contribution is 5.96. The van der Waals surface area contributed by atoms with E-state index in [2.05, 4.69) is 39.6 Å². The molecule has 1 heterocycles. The van der Waals surface area contributed by atoms with Gasteiger partial charge in [-0.05, 0) is 31.0 Å². The predicted octanol–water partition coefficient (Wildman–Crippen LogP) is 3.14. The van der Waals surface area contributed by atoms with Gasteiger partial charge in [0.25, 0.3) is 5.91 Å². The van der Waals surface area contributed by atoms with Crippen LogP contribution in [0.1, 0.15) is 47.1 Å². The molecule has 124 valence electrons. The molecule has 0 unspecified atom stereocenters. The SMILES string of the molecule is Cc1noc(C(C)C)c1C(=O)NCCc1ccc(N(C)C)cc1. The molecule has 23 heavy (non-hydrogen) atoms. The Hall–Kier alpha value is -2.30. The van der Waals surface area contributed by atoms with E-state index in [1.807, 2.05) is 27.9 Å². The van der Waals surface area contributed by atoms with Crippen LogP contribution in [0, 0.1) is 6.92 Å². The Morgan fingerprint density at radius 3 is 2.48 bits per heavy atom. The number of carbonyl (C=O) groups excluding carboxylic acids is 1. The molecule has 0 saturated carbocycles. The lowest BCUT2D eigenvalue weighted by Gasteiger charge is -2.12. The zero-order valence-corrected chi connectivity index (χ0v) is 14.5. The Kier molecular flexibility index (Phi) is 5.42. The fraction of sp³-hybridized carbons (Fsp3) is 0.444. The Balaban J connectivity index is 1.94. The van der Waals surface area contributed by atoms with Crippen molar-refractivity contribution in [3.63, 3.8) is 0 Å². The van der Waals surface area contributed by atoms with E-state index in [9.17, 15) is 4.79 Å². The lowest BCUT2D eigenvalue weighted by Crippen LogP contribution is -2.27. The lowest BCUT2D eigenvalue weighted by atomic mass is 10.0. The summed E-state index contributed by atoms with van der Waals surface area (Å²) in [7, 11) is 4.03. The Bertz CT molecular complexity index is 657. The van der Waals surface area contributed by atoms with Crippen molar-refractivity contribution in [3.8, 4) is 0 Å². The molecule has 2 rings (SSSR count). The zero-order chi connectivity index (χ0) is 17.0. The molecule has 0 fully saturated rings. The molecule has 0 aliphatic heterocycles. The second kappa shape index (κ2) is 7.31. The molecule has 1 N–H and O–H groups in total. The molecule has 0 aliphatic rings. The van der Waals surface area contributed by atoms with Crippen LogP contribution in [0.2, 0.25) is 0 Å². The maximum atomic E-state index is 12.4. The number of hydrogen-bond donors (Lipinski definition) is 1. The number of aryl methyl sites for hydroxylation is 1. The first kappa shape index (κ1) is 17.1. The molecule has 1 aromatic heterocycles. The predicted molar refractivity (Wildman–Crippen MR) is 92.1 cm³/mol. The maximum absolute atomic E-state index is 12.4. The Morgan fingerprint density at radius 1 is 1.26 bits per heavy atom.